The first-order chi connectivity index (χ1) is 7.58. The third kappa shape index (κ3) is 2.01. The van der Waals surface area contributed by atoms with Gasteiger partial charge in [-0.25, -0.2) is 0 Å². The van der Waals surface area contributed by atoms with Gasteiger partial charge in [0.05, 0.1) is 4.92 Å². The van der Waals surface area contributed by atoms with E-state index < -0.39 is 0 Å². The average Bonchev–Trinajstić information content (AvgIpc) is 2.13. The Balaban J connectivity index is 2.28. The highest BCUT2D eigenvalue weighted by Gasteiger charge is 2.20. The van der Waals surface area contributed by atoms with Crippen LogP contribution in [0.5, 0.6) is 0 Å². The van der Waals surface area contributed by atoms with E-state index in [9.17, 15) is 10.1 Å². The number of rotatable bonds is 3. The molecule has 0 aromatic heterocycles. The van der Waals surface area contributed by atoms with Crippen LogP contribution in [0.4, 0.5) is 11.4 Å². The van der Waals surface area contributed by atoms with E-state index in [1.165, 1.54) is 19.3 Å². The SMILES string of the molecule is Cc1cc(C)c([N+](=O)[O-])cc1NC1CCC1. The Hall–Kier alpha value is -1.58. The maximum Gasteiger partial charge on any atom is 0.274 e. The Morgan fingerprint density at radius 3 is 2.50 bits per heavy atom. The Bertz CT molecular complexity index is 425. The highest BCUT2D eigenvalue weighted by atomic mass is 16.6. The molecule has 4 heteroatoms. The average molecular weight is 220 g/mol. The molecule has 0 spiro atoms. The zero-order valence-corrected chi connectivity index (χ0v) is 9.62. The lowest BCUT2D eigenvalue weighted by Crippen LogP contribution is -2.27. The molecule has 1 fully saturated rings. The van der Waals surface area contributed by atoms with Crippen molar-refractivity contribution in [3.63, 3.8) is 0 Å². The van der Waals surface area contributed by atoms with Gasteiger partial charge in [-0.15, -0.1) is 0 Å². The summed E-state index contributed by atoms with van der Waals surface area (Å²) in [5.41, 5.74) is 2.91. The number of nitro benzene ring substituents is 1. The van der Waals surface area contributed by atoms with Crippen LogP contribution in [-0.4, -0.2) is 11.0 Å². The van der Waals surface area contributed by atoms with Crippen molar-refractivity contribution in [3.8, 4) is 0 Å². The molecule has 86 valence electrons. The molecule has 0 radical (unpaired) electrons. The summed E-state index contributed by atoms with van der Waals surface area (Å²) in [7, 11) is 0. The molecule has 0 heterocycles. The van der Waals surface area contributed by atoms with Gasteiger partial charge < -0.3 is 5.32 Å². The highest BCUT2D eigenvalue weighted by Crippen LogP contribution is 2.30. The Morgan fingerprint density at radius 1 is 1.31 bits per heavy atom. The van der Waals surface area contributed by atoms with Crippen LogP contribution in [0.15, 0.2) is 12.1 Å². The van der Waals surface area contributed by atoms with Gasteiger partial charge in [-0.2, -0.15) is 0 Å². The van der Waals surface area contributed by atoms with Gasteiger partial charge in [-0.05, 0) is 44.7 Å². The molecule has 0 unspecified atom stereocenters. The van der Waals surface area contributed by atoms with Gasteiger partial charge in [-0.1, -0.05) is 0 Å². The molecule has 2 rings (SSSR count). The van der Waals surface area contributed by atoms with Crippen LogP contribution in [0.3, 0.4) is 0 Å². The number of hydrogen-bond acceptors (Lipinski definition) is 3. The molecule has 1 aromatic rings. The van der Waals surface area contributed by atoms with E-state index in [1.54, 1.807) is 13.0 Å². The van der Waals surface area contributed by atoms with Crippen molar-refractivity contribution in [2.75, 3.05) is 5.32 Å². The van der Waals surface area contributed by atoms with Crippen molar-refractivity contribution >= 4 is 11.4 Å². The van der Waals surface area contributed by atoms with Crippen LogP contribution in [0.2, 0.25) is 0 Å². The predicted molar refractivity (Wildman–Crippen MR) is 63.8 cm³/mol. The van der Waals surface area contributed by atoms with Gasteiger partial charge in [0.1, 0.15) is 0 Å². The lowest BCUT2D eigenvalue weighted by molar-refractivity contribution is -0.385. The quantitative estimate of drug-likeness (QED) is 0.628. The largest absolute Gasteiger partial charge is 0.382 e. The summed E-state index contributed by atoms with van der Waals surface area (Å²) in [4.78, 5) is 10.5. The van der Waals surface area contributed by atoms with Crippen molar-refractivity contribution in [1.29, 1.82) is 0 Å². The maximum absolute atomic E-state index is 10.8. The molecule has 1 aromatic carbocycles. The van der Waals surface area contributed by atoms with Crippen LogP contribution < -0.4 is 5.32 Å². The van der Waals surface area contributed by atoms with E-state index in [-0.39, 0.29) is 10.6 Å². The smallest absolute Gasteiger partial charge is 0.274 e. The third-order valence-corrected chi connectivity index (χ3v) is 3.20. The summed E-state index contributed by atoms with van der Waals surface area (Å²) < 4.78 is 0. The third-order valence-electron chi connectivity index (χ3n) is 3.20. The first kappa shape index (κ1) is 10.9. The summed E-state index contributed by atoms with van der Waals surface area (Å²) in [5, 5.41) is 14.2. The van der Waals surface area contributed by atoms with Gasteiger partial charge >= 0.3 is 0 Å². The number of anilines is 1. The van der Waals surface area contributed by atoms with Crippen molar-refractivity contribution in [3.05, 3.63) is 33.4 Å². The molecule has 0 bridgehead atoms. The second-order valence-electron chi connectivity index (χ2n) is 4.48. The van der Waals surface area contributed by atoms with E-state index in [1.807, 2.05) is 13.0 Å². The molecule has 0 saturated heterocycles. The van der Waals surface area contributed by atoms with Gasteiger partial charge in [0.25, 0.3) is 5.69 Å². The minimum atomic E-state index is -0.319. The number of aryl methyl sites for hydroxylation is 2. The Labute approximate surface area is 94.8 Å². The van der Waals surface area contributed by atoms with Crippen molar-refractivity contribution in [2.24, 2.45) is 0 Å². The molecular weight excluding hydrogens is 204 g/mol. The standard InChI is InChI=1S/C12H16N2O2/c1-8-6-9(2)12(14(15)16)7-11(8)13-10-4-3-5-10/h6-7,10,13H,3-5H2,1-2H3. The second-order valence-corrected chi connectivity index (χ2v) is 4.48. The molecule has 1 aliphatic rings. The fraction of sp³-hybridized carbons (Fsp3) is 0.500. The number of nitro groups is 1. The summed E-state index contributed by atoms with van der Waals surface area (Å²) in [5.74, 6) is 0. The van der Waals surface area contributed by atoms with Gasteiger partial charge in [0.2, 0.25) is 0 Å². The molecule has 1 N–H and O–H groups in total. The minimum Gasteiger partial charge on any atom is -0.382 e. The summed E-state index contributed by atoms with van der Waals surface area (Å²) in [6, 6.07) is 4.03. The van der Waals surface area contributed by atoms with E-state index in [4.69, 9.17) is 0 Å². The number of hydrogen-bond donors (Lipinski definition) is 1. The fourth-order valence-corrected chi connectivity index (χ4v) is 1.97. The number of benzene rings is 1. The van der Waals surface area contributed by atoms with Crippen molar-refractivity contribution in [2.45, 2.75) is 39.2 Å². The van der Waals surface area contributed by atoms with Crippen molar-refractivity contribution < 1.29 is 4.92 Å². The van der Waals surface area contributed by atoms with Crippen molar-refractivity contribution in [1.82, 2.24) is 0 Å². The summed E-state index contributed by atoms with van der Waals surface area (Å²) in [6.07, 6.45) is 3.59. The monoisotopic (exact) mass is 220 g/mol. The molecule has 1 saturated carbocycles. The van der Waals surface area contributed by atoms with E-state index >= 15 is 0 Å². The van der Waals surface area contributed by atoms with E-state index in [2.05, 4.69) is 5.32 Å². The summed E-state index contributed by atoms with van der Waals surface area (Å²) >= 11 is 0. The fourth-order valence-electron chi connectivity index (χ4n) is 1.97. The Kier molecular flexibility index (Phi) is 2.81. The molecular formula is C12H16N2O2. The van der Waals surface area contributed by atoms with Crippen LogP contribution in [0.1, 0.15) is 30.4 Å². The zero-order valence-electron chi connectivity index (χ0n) is 9.62. The molecule has 1 aliphatic carbocycles. The minimum absolute atomic E-state index is 0.201. The predicted octanol–water partition coefficient (Wildman–Crippen LogP) is 3.18. The lowest BCUT2D eigenvalue weighted by Gasteiger charge is -2.28. The zero-order chi connectivity index (χ0) is 11.7. The highest BCUT2D eigenvalue weighted by molar-refractivity contribution is 5.60. The van der Waals surface area contributed by atoms with Crippen LogP contribution >= 0.6 is 0 Å². The second kappa shape index (κ2) is 4.12. The lowest BCUT2D eigenvalue weighted by atomic mass is 9.92. The van der Waals surface area contributed by atoms with Gasteiger partial charge in [0, 0.05) is 23.4 Å². The molecule has 0 atom stereocenters. The topological polar surface area (TPSA) is 55.2 Å². The summed E-state index contributed by atoms with van der Waals surface area (Å²) in [6.45, 7) is 3.76. The van der Waals surface area contributed by atoms with E-state index in [0.717, 1.165) is 16.8 Å². The number of nitrogens with zero attached hydrogens (tertiary/aromatic N) is 1. The maximum atomic E-state index is 10.8. The van der Waals surface area contributed by atoms with E-state index in [0.29, 0.717) is 6.04 Å². The first-order valence-corrected chi connectivity index (χ1v) is 5.60. The van der Waals surface area contributed by atoms with Gasteiger partial charge in [0.15, 0.2) is 0 Å². The van der Waals surface area contributed by atoms with Gasteiger partial charge in [-0.3, -0.25) is 10.1 Å². The van der Waals surface area contributed by atoms with Crippen LogP contribution in [0, 0.1) is 24.0 Å². The molecule has 0 aliphatic heterocycles. The Morgan fingerprint density at radius 2 is 2.00 bits per heavy atom. The molecule has 16 heavy (non-hydrogen) atoms. The normalized spacial score (nSPS) is 15.6. The number of nitrogens with one attached hydrogen (secondary N) is 1. The van der Waals surface area contributed by atoms with Crippen LogP contribution in [0.25, 0.3) is 0 Å². The molecule has 0 amide bonds. The molecule has 4 nitrogen and oxygen atoms in total. The first-order valence-electron chi connectivity index (χ1n) is 5.60. The van der Waals surface area contributed by atoms with Crippen LogP contribution in [-0.2, 0) is 0 Å².